The highest BCUT2D eigenvalue weighted by molar-refractivity contribution is 14.1. The average Bonchev–Trinajstić information content (AvgIpc) is 2.68. The molecule has 0 spiro atoms. The van der Waals surface area contributed by atoms with E-state index in [2.05, 4.69) is 22.6 Å². The van der Waals surface area contributed by atoms with Gasteiger partial charge < -0.3 is 9.84 Å². The second kappa shape index (κ2) is 2.59. The monoisotopic (exact) mass is 294 g/mol. The molecule has 0 amide bonds. The molecule has 2 aliphatic carbocycles. The largest absolute Gasteiger partial charge is 0.461 e. The number of alkyl halides is 1. The average molecular weight is 294 g/mol. The Morgan fingerprint density at radius 1 is 1.54 bits per heavy atom. The summed E-state index contributed by atoms with van der Waals surface area (Å²) in [5, 5.41) is 9.23. The maximum Gasteiger partial charge on any atom is 0.310 e. The number of hydrogen-bond donors (Lipinski definition) is 1. The van der Waals surface area contributed by atoms with Crippen molar-refractivity contribution in [3.63, 3.8) is 0 Å². The van der Waals surface area contributed by atoms with Gasteiger partial charge >= 0.3 is 5.97 Å². The van der Waals surface area contributed by atoms with Gasteiger partial charge in [0.05, 0.1) is 9.84 Å². The standard InChI is InChI=1S/C9H11IO3/c10-7-3-1-4-6(5(3)2-11)9(12)13-8(4)7/h3-8,11H,1-2H2/t3?,4?,5-,6?,7+,8?/m1/s1. The molecular formula is C9H11IO3. The van der Waals surface area contributed by atoms with Gasteiger partial charge in [-0.15, -0.1) is 0 Å². The van der Waals surface area contributed by atoms with Crippen LogP contribution in [0.15, 0.2) is 0 Å². The van der Waals surface area contributed by atoms with Crippen molar-refractivity contribution in [1.82, 2.24) is 0 Å². The van der Waals surface area contributed by atoms with Crippen molar-refractivity contribution in [2.45, 2.75) is 16.4 Å². The number of rotatable bonds is 1. The van der Waals surface area contributed by atoms with Gasteiger partial charge in [0.15, 0.2) is 0 Å². The van der Waals surface area contributed by atoms with Gasteiger partial charge in [-0.05, 0) is 18.3 Å². The topological polar surface area (TPSA) is 46.5 Å². The van der Waals surface area contributed by atoms with Crippen molar-refractivity contribution in [3.8, 4) is 0 Å². The third-order valence-electron chi connectivity index (χ3n) is 3.90. The molecule has 1 saturated heterocycles. The molecule has 3 rings (SSSR count). The molecule has 4 heteroatoms. The van der Waals surface area contributed by atoms with Gasteiger partial charge in [-0.25, -0.2) is 0 Å². The number of hydrogen-bond acceptors (Lipinski definition) is 3. The number of carbonyl (C=O) groups excluding carboxylic acids is 1. The molecule has 72 valence electrons. The zero-order chi connectivity index (χ0) is 9.16. The van der Waals surface area contributed by atoms with E-state index >= 15 is 0 Å². The number of esters is 1. The van der Waals surface area contributed by atoms with Gasteiger partial charge in [-0.1, -0.05) is 22.6 Å². The zero-order valence-corrected chi connectivity index (χ0v) is 9.18. The lowest BCUT2D eigenvalue weighted by atomic mass is 9.80. The fraction of sp³-hybridized carbons (Fsp3) is 0.889. The maximum atomic E-state index is 11.5. The summed E-state index contributed by atoms with van der Waals surface area (Å²) >= 11 is 2.37. The molecule has 1 aliphatic heterocycles. The van der Waals surface area contributed by atoms with Gasteiger partial charge in [0, 0.05) is 12.5 Å². The molecule has 3 nitrogen and oxygen atoms in total. The quantitative estimate of drug-likeness (QED) is 0.437. The fourth-order valence-corrected chi connectivity index (χ4v) is 4.87. The number of carbonyl (C=O) groups is 1. The van der Waals surface area contributed by atoms with Crippen LogP contribution in [0.25, 0.3) is 0 Å². The summed E-state index contributed by atoms with van der Waals surface area (Å²) in [5.41, 5.74) is 0. The molecule has 0 radical (unpaired) electrons. The van der Waals surface area contributed by atoms with Crippen molar-refractivity contribution in [1.29, 1.82) is 0 Å². The van der Waals surface area contributed by atoms with Crippen molar-refractivity contribution < 1.29 is 14.6 Å². The second-order valence-electron chi connectivity index (χ2n) is 4.28. The van der Waals surface area contributed by atoms with Crippen LogP contribution in [0.1, 0.15) is 6.42 Å². The van der Waals surface area contributed by atoms with Crippen LogP contribution in [-0.4, -0.2) is 27.7 Å². The van der Waals surface area contributed by atoms with Crippen LogP contribution >= 0.6 is 22.6 Å². The lowest BCUT2D eigenvalue weighted by molar-refractivity contribution is -0.144. The number of fused-ring (bicyclic) bond motifs is 1. The predicted octanol–water partition coefficient (Wildman–Crippen LogP) is 0.590. The summed E-state index contributed by atoms with van der Waals surface area (Å²) in [6, 6.07) is 0. The Morgan fingerprint density at radius 3 is 3.00 bits per heavy atom. The summed E-state index contributed by atoms with van der Waals surface area (Å²) in [4.78, 5) is 11.5. The van der Waals surface area contributed by atoms with Crippen LogP contribution in [0.5, 0.6) is 0 Å². The van der Waals surface area contributed by atoms with Crippen molar-refractivity contribution in [3.05, 3.63) is 0 Å². The molecule has 0 aromatic rings. The van der Waals surface area contributed by atoms with Crippen molar-refractivity contribution in [2.75, 3.05) is 6.61 Å². The Morgan fingerprint density at radius 2 is 2.31 bits per heavy atom. The van der Waals surface area contributed by atoms with Crippen LogP contribution in [0.4, 0.5) is 0 Å². The Labute approximate surface area is 90.0 Å². The van der Waals surface area contributed by atoms with E-state index in [0.29, 0.717) is 15.8 Å². The third kappa shape index (κ3) is 0.862. The molecule has 1 N–H and O–H groups in total. The fourth-order valence-electron chi connectivity index (χ4n) is 3.37. The number of aliphatic hydroxyl groups excluding tert-OH is 1. The van der Waals surface area contributed by atoms with Crippen LogP contribution in [0.3, 0.4) is 0 Å². The zero-order valence-electron chi connectivity index (χ0n) is 7.02. The molecule has 1 heterocycles. The molecule has 3 aliphatic rings. The predicted molar refractivity (Wildman–Crippen MR) is 53.4 cm³/mol. The van der Waals surface area contributed by atoms with E-state index in [1.165, 1.54) is 0 Å². The maximum absolute atomic E-state index is 11.5. The van der Waals surface area contributed by atoms with Gasteiger partial charge in [0.25, 0.3) is 0 Å². The van der Waals surface area contributed by atoms with E-state index in [1.54, 1.807) is 0 Å². The molecule has 0 aromatic carbocycles. The first-order chi connectivity index (χ1) is 6.24. The molecule has 4 unspecified atom stereocenters. The molecule has 3 fully saturated rings. The first-order valence-corrected chi connectivity index (χ1v) is 5.94. The smallest absolute Gasteiger partial charge is 0.310 e. The Bertz CT molecular complexity index is 268. The third-order valence-corrected chi connectivity index (χ3v) is 5.53. The summed E-state index contributed by atoms with van der Waals surface area (Å²) in [7, 11) is 0. The van der Waals surface area contributed by atoms with Crippen LogP contribution in [0.2, 0.25) is 0 Å². The number of ether oxygens (including phenoxy) is 1. The van der Waals surface area contributed by atoms with E-state index < -0.39 is 0 Å². The first-order valence-electron chi connectivity index (χ1n) is 4.69. The van der Waals surface area contributed by atoms with Gasteiger partial charge in [-0.2, -0.15) is 0 Å². The van der Waals surface area contributed by atoms with Gasteiger partial charge in [-0.3, -0.25) is 4.79 Å². The highest BCUT2D eigenvalue weighted by atomic mass is 127. The van der Waals surface area contributed by atoms with E-state index in [4.69, 9.17) is 4.74 Å². The Balaban J connectivity index is 2.01. The highest BCUT2D eigenvalue weighted by Gasteiger charge is 2.65. The molecule has 0 aromatic heterocycles. The molecular weight excluding hydrogens is 283 g/mol. The van der Waals surface area contributed by atoms with Gasteiger partial charge in [0.2, 0.25) is 0 Å². The van der Waals surface area contributed by atoms with Crippen molar-refractivity contribution in [2.24, 2.45) is 23.7 Å². The minimum Gasteiger partial charge on any atom is -0.461 e. The van der Waals surface area contributed by atoms with Crippen LogP contribution in [0, 0.1) is 23.7 Å². The lowest BCUT2D eigenvalue weighted by Gasteiger charge is -2.26. The lowest BCUT2D eigenvalue weighted by Crippen LogP contribution is -2.35. The summed E-state index contributed by atoms with van der Waals surface area (Å²) in [6.45, 7) is 0.146. The molecule has 6 atom stereocenters. The Hall–Kier alpha value is 0.160. The van der Waals surface area contributed by atoms with E-state index in [0.717, 1.165) is 6.42 Å². The number of halogens is 1. The summed E-state index contributed by atoms with van der Waals surface area (Å²) < 4.78 is 5.76. The summed E-state index contributed by atoms with van der Waals surface area (Å²) in [6.07, 6.45) is 1.24. The highest BCUT2D eigenvalue weighted by Crippen LogP contribution is 2.59. The number of aliphatic hydroxyl groups is 1. The van der Waals surface area contributed by atoms with Crippen LogP contribution < -0.4 is 0 Å². The molecule has 2 saturated carbocycles. The van der Waals surface area contributed by atoms with E-state index in [-0.39, 0.29) is 30.5 Å². The minimum atomic E-state index is -0.0595. The SMILES string of the molecule is O=C1OC2C3CC([C@@H]2I)[C@@H](CO)C13. The minimum absolute atomic E-state index is 0.0195. The molecule has 2 bridgehead atoms. The van der Waals surface area contributed by atoms with Crippen LogP contribution in [-0.2, 0) is 9.53 Å². The Kier molecular flexibility index (Phi) is 1.69. The first kappa shape index (κ1) is 8.47. The van der Waals surface area contributed by atoms with Gasteiger partial charge in [0.1, 0.15) is 6.10 Å². The molecule has 13 heavy (non-hydrogen) atoms. The van der Waals surface area contributed by atoms with Crippen molar-refractivity contribution >= 4 is 28.6 Å². The second-order valence-corrected chi connectivity index (χ2v) is 5.72. The normalized spacial score (nSPS) is 57.2. The summed E-state index contributed by atoms with van der Waals surface area (Å²) in [5.74, 6) is 1.06. The van der Waals surface area contributed by atoms with E-state index in [1.807, 2.05) is 0 Å². The van der Waals surface area contributed by atoms with E-state index in [9.17, 15) is 9.90 Å².